The summed E-state index contributed by atoms with van der Waals surface area (Å²) in [6, 6.07) is 6.69. The van der Waals surface area contributed by atoms with Crippen LogP contribution in [0.25, 0.3) is 0 Å². The van der Waals surface area contributed by atoms with Crippen LogP contribution < -0.4 is 10.6 Å². The van der Waals surface area contributed by atoms with Gasteiger partial charge in [0.25, 0.3) is 5.91 Å². The number of imide groups is 1. The van der Waals surface area contributed by atoms with Crippen LogP contribution in [0, 0.1) is 17.8 Å². The molecule has 0 bridgehead atoms. The summed E-state index contributed by atoms with van der Waals surface area (Å²) in [5.41, 5.74) is 6.39. The van der Waals surface area contributed by atoms with E-state index in [1.165, 1.54) is 4.90 Å². The molecule has 1 aliphatic carbocycles. The van der Waals surface area contributed by atoms with Crippen molar-refractivity contribution in [3.8, 4) is 0 Å². The predicted molar refractivity (Wildman–Crippen MR) is 102 cm³/mol. The molecule has 2 atom stereocenters. The molecule has 0 unspecified atom stereocenters. The van der Waals surface area contributed by atoms with Gasteiger partial charge in [0.05, 0.1) is 17.5 Å². The Labute approximate surface area is 163 Å². The van der Waals surface area contributed by atoms with Crippen molar-refractivity contribution in [1.29, 1.82) is 0 Å². The second-order valence-electron chi connectivity index (χ2n) is 8.03. The minimum atomic E-state index is -0.308. The Morgan fingerprint density at radius 1 is 0.857 bits per heavy atom. The van der Waals surface area contributed by atoms with Crippen molar-refractivity contribution in [3.05, 3.63) is 29.8 Å². The van der Waals surface area contributed by atoms with E-state index in [0.717, 1.165) is 25.7 Å². The standard InChI is InChI=1S/C21H25N3O4/c22-18(25)13-9-11-23(12-10-13)19(26)14-5-7-15(8-6-14)24-20(27)16-3-1-2-4-17(16)21(24)28/h5-8,13,16-17H,1-4,9-12H2,(H2,22,25)/t16-,17+. The quantitative estimate of drug-likeness (QED) is 0.803. The number of benzene rings is 1. The average Bonchev–Trinajstić information content (AvgIpc) is 2.98. The molecule has 2 heterocycles. The van der Waals surface area contributed by atoms with Crippen molar-refractivity contribution in [3.63, 3.8) is 0 Å². The number of fused-ring (bicyclic) bond motifs is 1. The first-order chi connectivity index (χ1) is 13.5. The maximum absolute atomic E-state index is 12.7. The zero-order chi connectivity index (χ0) is 19.8. The highest BCUT2D eigenvalue weighted by atomic mass is 16.2. The molecule has 28 heavy (non-hydrogen) atoms. The smallest absolute Gasteiger partial charge is 0.253 e. The highest BCUT2D eigenvalue weighted by Gasteiger charge is 2.48. The van der Waals surface area contributed by atoms with Gasteiger partial charge in [0.2, 0.25) is 17.7 Å². The van der Waals surface area contributed by atoms with Crippen molar-refractivity contribution < 1.29 is 19.2 Å². The molecular weight excluding hydrogens is 358 g/mol. The molecule has 1 saturated carbocycles. The largest absolute Gasteiger partial charge is 0.369 e. The number of nitrogens with zero attached hydrogens (tertiary/aromatic N) is 2. The lowest BCUT2D eigenvalue weighted by molar-refractivity contribution is -0.123. The van der Waals surface area contributed by atoms with Crippen LogP contribution in [0.1, 0.15) is 48.9 Å². The van der Waals surface area contributed by atoms with Crippen LogP contribution in [-0.4, -0.2) is 41.6 Å². The maximum Gasteiger partial charge on any atom is 0.253 e. The second-order valence-corrected chi connectivity index (χ2v) is 8.03. The van der Waals surface area contributed by atoms with Gasteiger partial charge in [-0.1, -0.05) is 12.8 Å². The fourth-order valence-electron chi connectivity index (χ4n) is 4.72. The fourth-order valence-corrected chi connectivity index (χ4v) is 4.72. The minimum Gasteiger partial charge on any atom is -0.369 e. The molecule has 4 rings (SSSR count). The van der Waals surface area contributed by atoms with Gasteiger partial charge in [-0.3, -0.25) is 24.1 Å². The summed E-state index contributed by atoms with van der Waals surface area (Å²) < 4.78 is 0. The van der Waals surface area contributed by atoms with Crippen LogP contribution in [0.15, 0.2) is 24.3 Å². The first-order valence-electron chi connectivity index (χ1n) is 10.0. The monoisotopic (exact) mass is 383 g/mol. The highest BCUT2D eigenvalue weighted by molar-refractivity contribution is 6.22. The number of carbonyl (C=O) groups is 4. The van der Waals surface area contributed by atoms with Crippen molar-refractivity contribution >= 4 is 29.3 Å². The second kappa shape index (κ2) is 7.37. The number of nitrogens with two attached hydrogens (primary N) is 1. The number of hydrogen-bond donors (Lipinski definition) is 1. The molecule has 0 radical (unpaired) electrons. The summed E-state index contributed by atoms with van der Waals surface area (Å²) >= 11 is 0. The number of hydrogen-bond acceptors (Lipinski definition) is 4. The molecule has 0 spiro atoms. The lowest BCUT2D eigenvalue weighted by Crippen LogP contribution is -2.41. The van der Waals surface area contributed by atoms with Crippen molar-refractivity contribution in [2.75, 3.05) is 18.0 Å². The third kappa shape index (κ3) is 3.19. The summed E-state index contributed by atoms with van der Waals surface area (Å²) in [7, 11) is 0. The number of primary amides is 1. The van der Waals surface area contributed by atoms with E-state index in [1.54, 1.807) is 29.2 Å². The van der Waals surface area contributed by atoms with Gasteiger partial charge >= 0.3 is 0 Å². The Balaban J connectivity index is 1.45. The van der Waals surface area contributed by atoms with Crippen LogP contribution in [0.3, 0.4) is 0 Å². The van der Waals surface area contributed by atoms with Crippen LogP contribution in [0.4, 0.5) is 5.69 Å². The Morgan fingerprint density at radius 2 is 1.39 bits per heavy atom. The highest BCUT2D eigenvalue weighted by Crippen LogP contribution is 2.40. The van der Waals surface area contributed by atoms with Gasteiger partial charge in [0.15, 0.2) is 0 Å². The molecule has 3 aliphatic rings. The fraction of sp³-hybridized carbons (Fsp3) is 0.524. The van der Waals surface area contributed by atoms with Crippen LogP contribution in [-0.2, 0) is 14.4 Å². The third-order valence-electron chi connectivity index (χ3n) is 6.40. The summed E-state index contributed by atoms with van der Waals surface area (Å²) in [5, 5.41) is 0. The zero-order valence-electron chi connectivity index (χ0n) is 15.8. The number of rotatable bonds is 3. The van der Waals surface area contributed by atoms with E-state index in [-0.39, 0.29) is 41.4 Å². The molecule has 0 aromatic heterocycles. The molecule has 1 aromatic carbocycles. The average molecular weight is 383 g/mol. The van der Waals surface area contributed by atoms with Crippen LogP contribution in [0.5, 0.6) is 0 Å². The number of anilines is 1. The summed E-state index contributed by atoms with van der Waals surface area (Å²) in [6.07, 6.45) is 4.71. The van der Waals surface area contributed by atoms with Gasteiger partial charge in [-0.2, -0.15) is 0 Å². The normalized spacial score (nSPS) is 25.7. The lowest BCUT2D eigenvalue weighted by Gasteiger charge is -2.30. The number of piperidine rings is 1. The van der Waals surface area contributed by atoms with E-state index in [0.29, 0.717) is 37.2 Å². The van der Waals surface area contributed by atoms with Crippen LogP contribution >= 0.6 is 0 Å². The Bertz CT molecular complexity index is 787. The Hall–Kier alpha value is -2.70. The van der Waals surface area contributed by atoms with Crippen molar-refractivity contribution in [1.82, 2.24) is 4.90 Å². The van der Waals surface area contributed by atoms with E-state index < -0.39 is 0 Å². The summed E-state index contributed by atoms with van der Waals surface area (Å²) in [5.74, 6) is -1.17. The molecule has 2 N–H and O–H groups in total. The molecule has 7 heteroatoms. The summed E-state index contributed by atoms with van der Waals surface area (Å²) in [4.78, 5) is 52.4. The molecule has 2 saturated heterocycles. The first kappa shape index (κ1) is 18.7. The molecule has 3 fully saturated rings. The molecule has 4 amide bonds. The minimum absolute atomic E-state index is 0.109. The van der Waals surface area contributed by atoms with Gasteiger partial charge in [0.1, 0.15) is 0 Å². The van der Waals surface area contributed by atoms with Gasteiger partial charge in [-0.15, -0.1) is 0 Å². The third-order valence-corrected chi connectivity index (χ3v) is 6.40. The molecule has 148 valence electrons. The topological polar surface area (TPSA) is 101 Å². The Kier molecular flexibility index (Phi) is 4.91. The Morgan fingerprint density at radius 3 is 1.89 bits per heavy atom. The van der Waals surface area contributed by atoms with Gasteiger partial charge < -0.3 is 10.6 Å². The number of likely N-dealkylation sites (tertiary alicyclic amines) is 1. The lowest BCUT2D eigenvalue weighted by atomic mass is 9.81. The van der Waals surface area contributed by atoms with Crippen LogP contribution in [0.2, 0.25) is 0 Å². The zero-order valence-corrected chi connectivity index (χ0v) is 15.8. The summed E-state index contributed by atoms with van der Waals surface area (Å²) in [6.45, 7) is 1.00. The van der Waals surface area contributed by atoms with Gasteiger partial charge in [-0.05, 0) is 49.9 Å². The van der Waals surface area contributed by atoms with Crippen molar-refractivity contribution in [2.45, 2.75) is 38.5 Å². The van der Waals surface area contributed by atoms with E-state index in [9.17, 15) is 19.2 Å². The van der Waals surface area contributed by atoms with E-state index in [4.69, 9.17) is 5.73 Å². The van der Waals surface area contributed by atoms with E-state index >= 15 is 0 Å². The number of carbonyl (C=O) groups excluding carboxylic acids is 4. The maximum atomic E-state index is 12.7. The van der Waals surface area contributed by atoms with Crippen molar-refractivity contribution in [2.24, 2.45) is 23.5 Å². The molecule has 1 aromatic rings. The first-order valence-corrected chi connectivity index (χ1v) is 10.0. The predicted octanol–water partition coefficient (Wildman–Crippen LogP) is 1.70. The molecule has 7 nitrogen and oxygen atoms in total. The van der Waals surface area contributed by atoms with E-state index in [2.05, 4.69) is 0 Å². The van der Waals surface area contributed by atoms with Gasteiger partial charge in [-0.25, -0.2) is 0 Å². The SMILES string of the molecule is NC(=O)C1CCN(C(=O)c2ccc(N3C(=O)[C@H]4CCCC[C@H]4C3=O)cc2)CC1. The molecular formula is C21H25N3O4. The number of amides is 4. The van der Waals surface area contributed by atoms with E-state index in [1.807, 2.05) is 0 Å². The van der Waals surface area contributed by atoms with Gasteiger partial charge in [0, 0.05) is 24.6 Å². The molecule has 2 aliphatic heterocycles.